The molecule has 42 heavy (non-hydrogen) atoms. The standard InChI is InChI=1S/C33H27N3O5S/c34-24-13-17-26(18-14-24)42-29-19-30(37)35(32(29)39)25-15-11-23(12-16-25)33(40)41-20-31(38)36-27-7-3-1-5-21(27)9-10-22-6-2-4-8-28(22)36/h1-8,11-18,29H,9-10,19-20,34H2/t29-/m0/s1. The van der Waals surface area contributed by atoms with Crippen LogP contribution in [0.4, 0.5) is 22.7 Å². The molecule has 0 bridgehead atoms. The molecule has 0 radical (unpaired) electrons. The maximum Gasteiger partial charge on any atom is 0.338 e. The van der Waals surface area contributed by atoms with E-state index in [1.165, 1.54) is 36.0 Å². The molecule has 8 nitrogen and oxygen atoms in total. The van der Waals surface area contributed by atoms with Crippen LogP contribution < -0.4 is 15.5 Å². The first-order valence-electron chi connectivity index (χ1n) is 13.5. The number of ether oxygens (including phenoxy) is 1. The molecule has 0 aliphatic carbocycles. The molecule has 2 N–H and O–H groups in total. The van der Waals surface area contributed by atoms with Gasteiger partial charge in [-0.05, 0) is 84.6 Å². The van der Waals surface area contributed by atoms with Gasteiger partial charge in [-0.3, -0.25) is 19.3 Å². The zero-order valence-electron chi connectivity index (χ0n) is 22.6. The van der Waals surface area contributed by atoms with Crippen molar-refractivity contribution in [3.05, 3.63) is 114 Å². The minimum absolute atomic E-state index is 0.0720. The summed E-state index contributed by atoms with van der Waals surface area (Å²) in [5.74, 6) is -1.67. The number of hydrogen-bond donors (Lipinski definition) is 1. The number of fused-ring (bicyclic) bond motifs is 2. The summed E-state index contributed by atoms with van der Waals surface area (Å²) in [5, 5.41) is -0.550. The van der Waals surface area contributed by atoms with Gasteiger partial charge in [0.25, 0.3) is 5.91 Å². The van der Waals surface area contributed by atoms with Gasteiger partial charge in [-0.25, -0.2) is 9.69 Å². The molecular weight excluding hydrogens is 550 g/mol. The number of carbonyl (C=O) groups is 4. The van der Waals surface area contributed by atoms with Crippen molar-refractivity contribution >= 4 is 58.2 Å². The van der Waals surface area contributed by atoms with Crippen molar-refractivity contribution in [3.8, 4) is 0 Å². The Morgan fingerprint density at radius 3 is 2.02 bits per heavy atom. The minimum atomic E-state index is -0.679. The van der Waals surface area contributed by atoms with Gasteiger partial charge >= 0.3 is 5.97 Å². The Kier molecular flexibility index (Phi) is 7.50. The summed E-state index contributed by atoms with van der Waals surface area (Å²) < 4.78 is 5.42. The van der Waals surface area contributed by atoms with Crippen LogP contribution in [0.25, 0.3) is 0 Å². The van der Waals surface area contributed by atoms with Crippen molar-refractivity contribution in [2.45, 2.75) is 29.4 Å². The van der Waals surface area contributed by atoms with Gasteiger partial charge in [0, 0.05) is 17.0 Å². The first kappa shape index (κ1) is 27.3. The molecule has 0 saturated carbocycles. The third kappa shape index (κ3) is 5.38. The summed E-state index contributed by atoms with van der Waals surface area (Å²) in [4.78, 5) is 55.7. The normalized spacial score (nSPS) is 16.0. The van der Waals surface area contributed by atoms with Crippen molar-refractivity contribution < 1.29 is 23.9 Å². The monoisotopic (exact) mass is 577 g/mol. The lowest BCUT2D eigenvalue weighted by molar-refractivity contribution is -0.122. The molecule has 2 aliphatic rings. The number of para-hydroxylation sites is 2. The van der Waals surface area contributed by atoms with Gasteiger partial charge in [-0.2, -0.15) is 0 Å². The Bertz CT molecular complexity index is 1640. The zero-order chi connectivity index (χ0) is 29.2. The number of carbonyl (C=O) groups excluding carboxylic acids is 4. The van der Waals surface area contributed by atoms with Crippen LogP contribution >= 0.6 is 11.8 Å². The summed E-state index contributed by atoms with van der Waals surface area (Å²) in [6.07, 6.45) is 1.67. The zero-order valence-corrected chi connectivity index (χ0v) is 23.4. The Balaban J connectivity index is 1.12. The van der Waals surface area contributed by atoms with Crippen LogP contribution in [0.5, 0.6) is 0 Å². The Labute approximate surface area is 247 Å². The molecule has 9 heteroatoms. The Morgan fingerprint density at radius 1 is 0.810 bits per heavy atom. The number of amides is 3. The van der Waals surface area contributed by atoms with Gasteiger partial charge in [0.05, 0.1) is 27.9 Å². The number of aryl methyl sites for hydroxylation is 2. The smallest absolute Gasteiger partial charge is 0.338 e. The van der Waals surface area contributed by atoms with E-state index in [9.17, 15) is 19.2 Å². The van der Waals surface area contributed by atoms with E-state index in [4.69, 9.17) is 10.5 Å². The number of rotatable bonds is 6. The molecule has 0 unspecified atom stereocenters. The second-order valence-electron chi connectivity index (χ2n) is 10.1. The van der Waals surface area contributed by atoms with E-state index in [0.29, 0.717) is 11.4 Å². The SMILES string of the molecule is Nc1ccc(S[C@H]2CC(=O)N(c3ccc(C(=O)OCC(=O)N4c5ccccc5CCc5ccccc54)cc3)C2=O)cc1. The number of hydrogen-bond acceptors (Lipinski definition) is 7. The molecule has 210 valence electrons. The van der Waals surface area contributed by atoms with Crippen LogP contribution in [0, 0.1) is 0 Å². The minimum Gasteiger partial charge on any atom is -0.452 e. The lowest BCUT2D eigenvalue weighted by Crippen LogP contribution is -2.31. The van der Waals surface area contributed by atoms with E-state index < -0.39 is 17.8 Å². The number of nitrogens with two attached hydrogens (primary N) is 1. The highest BCUT2D eigenvalue weighted by molar-refractivity contribution is 8.00. The number of anilines is 4. The summed E-state index contributed by atoms with van der Waals surface area (Å²) in [6.45, 7) is -0.448. The molecular formula is C33H27N3O5S. The van der Waals surface area contributed by atoms with Crippen molar-refractivity contribution in [1.29, 1.82) is 0 Å². The molecule has 1 fully saturated rings. The summed E-state index contributed by atoms with van der Waals surface area (Å²) in [5.41, 5.74) is 10.6. The van der Waals surface area contributed by atoms with Gasteiger partial charge in [-0.1, -0.05) is 36.4 Å². The van der Waals surface area contributed by atoms with Crippen molar-refractivity contribution in [1.82, 2.24) is 0 Å². The molecule has 1 saturated heterocycles. The third-order valence-electron chi connectivity index (χ3n) is 7.33. The van der Waals surface area contributed by atoms with E-state index in [0.717, 1.165) is 45.1 Å². The maximum atomic E-state index is 13.4. The fraction of sp³-hybridized carbons (Fsp3) is 0.152. The number of imide groups is 1. The average molecular weight is 578 g/mol. The van der Waals surface area contributed by atoms with E-state index >= 15 is 0 Å². The van der Waals surface area contributed by atoms with Crippen LogP contribution in [0.15, 0.2) is 102 Å². The lowest BCUT2D eigenvalue weighted by Gasteiger charge is -2.24. The van der Waals surface area contributed by atoms with E-state index in [2.05, 4.69) is 0 Å². The Hall–Kier alpha value is -4.89. The number of thioether (sulfide) groups is 1. The van der Waals surface area contributed by atoms with Crippen LogP contribution in [0.3, 0.4) is 0 Å². The molecule has 4 aromatic rings. The molecule has 1 atom stereocenters. The Morgan fingerprint density at radius 2 is 1.40 bits per heavy atom. The molecule has 2 aliphatic heterocycles. The van der Waals surface area contributed by atoms with Gasteiger partial charge < -0.3 is 10.5 Å². The number of benzene rings is 4. The predicted molar refractivity (Wildman–Crippen MR) is 162 cm³/mol. The molecule has 6 rings (SSSR count). The molecule has 0 aromatic heterocycles. The molecule has 3 amide bonds. The lowest BCUT2D eigenvalue weighted by atomic mass is 10.0. The fourth-order valence-electron chi connectivity index (χ4n) is 5.25. The summed E-state index contributed by atoms with van der Waals surface area (Å²) in [6, 6.07) is 28.6. The predicted octanol–water partition coefficient (Wildman–Crippen LogP) is 5.31. The van der Waals surface area contributed by atoms with Gasteiger partial charge in [0.1, 0.15) is 0 Å². The highest BCUT2D eigenvalue weighted by Gasteiger charge is 2.40. The van der Waals surface area contributed by atoms with Crippen molar-refractivity contribution in [3.63, 3.8) is 0 Å². The first-order chi connectivity index (χ1) is 20.4. The number of esters is 1. The topological polar surface area (TPSA) is 110 Å². The quantitative estimate of drug-likeness (QED) is 0.188. The van der Waals surface area contributed by atoms with Crippen LogP contribution in [0.1, 0.15) is 27.9 Å². The maximum absolute atomic E-state index is 13.4. The average Bonchev–Trinajstić information content (AvgIpc) is 3.18. The second kappa shape index (κ2) is 11.5. The summed E-state index contributed by atoms with van der Waals surface area (Å²) in [7, 11) is 0. The molecule has 4 aromatic carbocycles. The largest absolute Gasteiger partial charge is 0.452 e. The van der Waals surface area contributed by atoms with E-state index in [1.807, 2.05) is 60.7 Å². The molecule has 0 spiro atoms. The van der Waals surface area contributed by atoms with E-state index in [1.54, 1.807) is 17.0 Å². The van der Waals surface area contributed by atoms with Crippen LogP contribution in [-0.2, 0) is 32.0 Å². The van der Waals surface area contributed by atoms with Crippen LogP contribution in [-0.4, -0.2) is 35.5 Å². The van der Waals surface area contributed by atoms with E-state index in [-0.39, 0.29) is 29.7 Å². The highest BCUT2D eigenvalue weighted by atomic mass is 32.2. The number of nitrogens with zero attached hydrogens (tertiary/aromatic N) is 2. The highest BCUT2D eigenvalue weighted by Crippen LogP contribution is 2.37. The van der Waals surface area contributed by atoms with Gasteiger partial charge in [-0.15, -0.1) is 11.8 Å². The van der Waals surface area contributed by atoms with Crippen molar-refractivity contribution in [2.24, 2.45) is 0 Å². The third-order valence-corrected chi connectivity index (χ3v) is 8.53. The van der Waals surface area contributed by atoms with Gasteiger partial charge in [0.15, 0.2) is 6.61 Å². The van der Waals surface area contributed by atoms with Gasteiger partial charge in [0.2, 0.25) is 11.8 Å². The molecule has 2 heterocycles. The van der Waals surface area contributed by atoms with Crippen LogP contribution in [0.2, 0.25) is 0 Å². The second-order valence-corrected chi connectivity index (χ2v) is 11.3. The number of nitrogen functional groups attached to an aromatic ring is 1. The first-order valence-corrected chi connectivity index (χ1v) is 14.4. The van der Waals surface area contributed by atoms with Crippen molar-refractivity contribution in [2.75, 3.05) is 22.1 Å². The fourth-order valence-corrected chi connectivity index (χ4v) is 6.30. The summed E-state index contributed by atoms with van der Waals surface area (Å²) >= 11 is 1.31.